The van der Waals surface area contributed by atoms with Crippen molar-refractivity contribution in [1.29, 1.82) is 0 Å². The van der Waals surface area contributed by atoms with Crippen LogP contribution in [0.1, 0.15) is 12.6 Å². The maximum absolute atomic E-state index is 11.6. The second-order valence-electron chi connectivity index (χ2n) is 4.25. The van der Waals surface area contributed by atoms with Crippen molar-refractivity contribution in [1.82, 2.24) is 9.99 Å². The Morgan fingerprint density at radius 3 is 2.86 bits per heavy atom. The minimum Gasteiger partial charge on any atom is -0.484 e. The van der Waals surface area contributed by atoms with Crippen LogP contribution in [0, 0.1) is 0 Å². The van der Waals surface area contributed by atoms with Crippen LogP contribution in [0.25, 0.3) is 0 Å². The van der Waals surface area contributed by atoms with Crippen LogP contribution in [0.2, 0.25) is 0 Å². The van der Waals surface area contributed by atoms with Gasteiger partial charge in [-0.3, -0.25) is 4.79 Å². The first kappa shape index (κ1) is 15.3. The van der Waals surface area contributed by atoms with Crippen molar-refractivity contribution in [2.45, 2.75) is 13.5 Å². The van der Waals surface area contributed by atoms with Crippen molar-refractivity contribution in [2.24, 2.45) is 5.10 Å². The minimum absolute atomic E-state index is 0.0756. The van der Waals surface area contributed by atoms with Gasteiger partial charge in [0.2, 0.25) is 0 Å². The third kappa shape index (κ3) is 4.75. The third-order valence-electron chi connectivity index (χ3n) is 2.77. The normalized spacial score (nSPS) is 10.8. The molecule has 1 N–H and O–H groups in total. The van der Waals surface area contributed by atoms with Crippen molar-refractivity contribution in [3.05, 3.63) is 52.8 Å². The van der Waals surface area contributed by atoms with Gasteiger partial charge in [-0.1, -0.05) is 15.9 Å². The Bertz CT molecular complexity index is 620. The molecule has 2 rings (SSSR count). The van der Waals surface area contributed by atoms with E-state index >= 15 is 0 Å². The van der Waals surface area contributed by atoms with Crippen LogP contribution in [-0.2, 0) is 11.3 Å². The summed E-state index contributed by atoms with van der Waals surface area (Å²) in [7, 11) is 0. The first-order valence-corrected chi connectivity index (χ1v) is 7.33. The van der Waals surface area contributed by atoms with Gasteiger partial charge in [-0.15, -0.1) is 0 Å². The van der Waals surface area contributed by atoms with Gasteiger partial charge in [-0.05, 0) is 43.3 Å². The smallest absolute Gasteiger partial charge is 0.277 e. The predicted molar refractivity (Wildman–Crippen MR) is 85.5 cm³/mol. The number of hydrogen-bond donors (Lipinski definition) is 1. The van der Waals surface area contributed by atoms with Crippen molar-refractivity contribution in [3.8, 4) is 5.75 Å². The van der Waals surface area contributed by atoms with E-state index in [0.717, 1.165) is 16.7 Å². The van der Waals surface area contributed by atoms with Crippen LogP contribution in [0.4, 0.5) is 0 Å². The van der Waals surface area contributed by atoms with Crippen molar-refractivity contribution in [2.75, 3.05) is 6.61 Å². The monoisotopic (exact) mass is 349 g/mol. The Morgan fingerprint density at radius 2 is 2.14 bits per heavy atom. The number of carbonyl (C=O) groups excluding carboxylic acids is 1. The maximum atomic E-state index is 11.6. The summed E-state index contributed by atoms with van der Waals surface area (Å²) in [5.74, 6) is 0.334. The summed E-state index contributed by atoms with van der Waals surface area (Å²) in [6, 6.07) is 11.1. The summed E-state index contributed by atoms with van der Waals surface area (Å²) in [6.07, 6.45) is 3.57. The van der Waals surface area contributed by atoms with Crippen molar-refractivity contribution in [3.63, 3.8) is 0 Å². The molecule has 0 fully saturated rings. The fraction of sp³-hybridized carbons (Fsp3) is 0.200. The van der Waals surface area contributed by atoms with Gasteiger partial charge < -0.3 is 9.30 Å². The van der Waals surface area contributed by atoms with E-state index in [-0.39, 0.29) is 12.5 Å². The Balaban J connectivity index is 1.78. The molecule has 0 saturated heterocycles. The van der Waals surface area contributed by atoms with Gasteiger partial charge in [0.25, 0.3) is 5.91 Å². The molecule has 110 valence electrons. The molecule has 0 spiro atoms. The molecule has 0 aliphatic heterocycles. The van der Waals surface area contributed by atoms with Crippen LogP contribution >= 0.6 is 15.9 Å². The zero-order valence-corrected chi connectivity index (χ0v) is 13.2. The summed E-state index contributed by atoms with van der Waals surface area (Å²) in [5, 5.41) is 3.92. The van der Waals surface area contributed by atoms with Crippen LogP contribution in [0.3, 0.4) is 0 Å². The van der Waals surface area contributed by atoms with Gasteiger partial charge in [-0.25, -0.2) is 5.43 Å². The molecule has 21 heavy (non-hydrogen) atoms. The molecule has 0 atom stereocenters. The second kappa shape index (κ2) is 7.64. The molecular formula is C15H16BrN3O2. The molecule has 0 bridgehead atoms. The van der Waals surface area contributed by atoms with Gasteiger partial charge in [0.05, 0.1) is 11.9 Å². The number of halogens is 1. The number of nitrogens with one attached hydrogen (secondary N) is 1. The van der Waals surface area contributed by atoms with Crippen LogP contribution in [0.15, 0.2) is 52.2 Å². The summed E-state index contributed by atoms with van der Waals surface area (Å²) >= 11 is 3.33. The molecule has 0 saturated carbocycles. The lowest BCUT2D eigenvalue weighted by Crippen LogP contribution is -2.24. The molecule has 2 aromatic rings. The average molecular weight is 350 g/mol. The Morgan fingerprint density at radius 1 is 1.38 bits per heavy atom. The highest BCUT2D eigenvalue weighted by Gasteiger charge is 2.01. The molecule has 1 amide bonds. The highest BCUT2D eigenvalue weighted by molar-refractivity contribution is 9.10. The number of ether oxygens (including phenoxy) is 1. The fourth-order valence-corrected chi connectivity index (χ4v) is 1.98. The van der Waals surface area contributed by atoms with Crippen LogP contribution in [-0.4, -0.2) is 23.3 Å². The number of benzene rings is 1. The third-order valence-corrected chi connectivity index (χ3v) is 3.30. The van der Waals surface area contributed by atoms with E-state index in [4.69, 9.17) is 4.74 Å². The number of aryl methyl sites for hydroxylation is 1. The summed E-state index contributed by atoms with van der Waals surface area (Å²) in [5.41, 5.74) is 3.37. The van der Waals surface area contributed by atoms with E-state index in [0.29, 0.717) is 5.75 Å². The summed E-state index contributed by atoms with van der Waals surface area (Å²) in [4.78, 5) is 11.6. The maximum Gasteiger partial charge on any atom is 0.277 e. The molecule has 0 radical (unpaired) electrons. The summed E-state index contributed by atoms with van der Waals surface area (Å²) in [6.45, 7) is 2.82. The zero-order valence-electron chi connectivity index (χ0n) is 11.6. The molecule has 0 unspecified atom stereocenters. The second-order valence-corrected chi connectivity index (χ2v) is 5.17. The lowest BCUT2D eigenvalue weighted by atomic mass is 10.3. The number of carbonyl (C=O) groups is 1. The fourth-order valence-electron chi connectivity index (χ4n) is 1.71. The Labute approximate surface area is 131 Å². The number of aromatic nitrogens is 1. The molecular weight excluding hydrogens is 334 g/mol. The van der Waals surface area contributed by atoms with E-state index in [2.05, 4.69) is 26.5 Å². The Hall–Kier alpha value is -2.08. The number of hydrogen-bond acceptors (Lipinski definition) is 3. The van der Waals surface area contributed by atoms with Crippen molar-refractivity contribution >= 4 is 28.1 Å². The molecule has 0 aliphatic carbocycles. The predicted octanol–water partition coefficient (Wildman–Crippen LogP) is 2.80. The van der Waals surface area contributed by atoms with Gasteiger partial charge >= 0.3 is 0 Å². The molecule has 6 heteroatoms. The molecule has 1 aromatic heterocycles. The van der Waals surface area contributed by atoms with E-state index in [1.807, 2.05) is 42.0 Å². The largest absolute Gasteiger partial charge is 0.484 e. The summed E-state index contributed by atoms with van der Waals surface area (Å²) < 4.78 is 8.33. The SMILES string of the molecule is CCn1cccc1/C=N\NC(=O)COc1ccc(Br)cc1. The number of rotatable bonds is 6. The minimum atomic E-state index is -0.302. The van der Waals surface area contributed by atoms with Crippen LogP contribution in [0.5, 0.6) is 5.75 Å². The number of amides is 1. The van der Waals surface area contributed by atoms with E-state index in [9.17, 15) is 4.79 Å². The number of nitrogens with zero attached hydrogens (tertiary/aromatic N) is 2. The van der Waals surface area contributed by atoms with E-state index in [1.54, 1.807) is 18.3 Å². The quantitative estimate of drug-likeness (QED) is 0.643. The van der Waals surface area contributed by atoms with Crippen LogP contribution < -0.4 is 10.2 Å². The molecule has 1 aromatic carbocycles. The highest BCUT2D eigenvalue weighted by atomic mass is 79.9. The number of hydrazone groups is 1. The van der Waals surface area contributed by atoms with Gasteiger partial charge in [0.15, 0.2) is 6.61 Å². The molecule has 0 aliphatic rings. The molecule has 1 heterocycles. The standard InChI is InChI=1S/C15H16BrN3O2/c1-2-19-9-3-4-13(19)10-17-18-15(20)11-21-14-7-5-12(16)6-8-14/h3-10H,2,11H2,1H3,(H,18,20)/b17-10-. The molecule has 5 nitrogen and oxygen atoms in total. The topological polar surface area (TPSA) is 55.6 Å². The zero-order chi connectivity index (χ0) is 15.1. The lowest BCUT2D eigenvalue weighted by Gasteiger charge is -2.05. The first-order chi connectivity index (χ1) is 10.2. The first-order valence-electron chi connectivity index (χ1n) is 6.54. The lowest BCUT2D eigenvalue weighted by molar-refractivity contribution is -0.123. The van der Waals surface area contributed by atoms with Crippen molar-refractivity contribution < 1.29 is 9.53 Å². The van der Waals surface area contributed by atoms with E-state index in [1.165, 1.54) is 0 Å². The van der Waals surface area contributed by atoms with Gasteiger partial charge in [-0.2, -0.15) is 5.10 Å². The van der Waals surface area contributed by atoms with E-state index < -0.39 is 0 Å². The van der Waals surface area contributed by atoms with Gasteiger partial charge in [0, 0.05) is 17.2 Å². The van der Waals surface area contributed by atoms with Gasteiger partial charge in [0.1, 0.15) is 5.75 Å². The highest BCUT2D eigenvalue weighted by Crippen LogP contribution is 2.15. The Kier molecular flexibility index (Phi) is 5.57. The average Bonchev–Trinajstić information content (AvgIpc) is 2.94.